The summed E-state index contributed by atoms with van der Waals surface area (Å²) in [6.07, 6.45) is 0.721. The molecule has 3 aromatic rings. The van der Waals surface area contributed by atoms with Gasteiger partial charge < -0.3 is 9.84 Å². The number of aromatic nitrogens is 4. The lowest BCUT2D eigenvalue weighted by molar-refractivity contribution is -0.0731. The van der Waals surface area contributed by atoms with Crippen LogP contribution in [0.1, 0.15) is 30.1 Å². The summed E-state index contributed by atoms with van der Waals surface area (Å²) in [5.74, 6) is -0.312. The summed E-state index contributed by atoms with van der Waals surface area (Å²) < 4.78 is 20.0. The summed E-state index contributed by atoms with van der Waals surface area (Å²) in [4.78, 5) is 18.0. The highest BCUT2D eigenvalue weighted by Crippen LogP contribution is 2.34. The van der Waals surface area contributed by atoms with Gasteiger partial charge in [-0.1, -0.05) is 11.6 Å². The molecule has 140 valence electrons. The molecule has 6 nitrogen and oxygen atoms in total. The molecule has 0 atom stereocenters. The van der Waals surface area contributed by atoms with Crippen LogP contribution in [0.5, 0.6) is 0 Å². The SMILES string of the molecule is Cc1nc2nc(C3(O)CCOCC3)nc(-c3ccc(Cl)cc3F)c2nc1C. The topological polar surface area (TPSA) is 81.0 Å². The van der Waals surface area contributed by atoms with Gasteiger partial charge >= 0.3 is 0 Å². The summed E-state index contributed by atoms with van der Waals surface area (Å²) in [5, 5.41) is 11.3. The van der Waals surface area contributed by atoms with Crippen molar-refractivity contribution in [3.05, 3.63) is 46.3 Å². The van der Waals surface area contributed by atoms with Crippen molar-refractivity contribution >= 4 is 22.8 Å². The predicted octanol–water partition coefficient (Wildman–Crippen LogP) is 3.49. The molecule has 1 aliphatic heterocycles. The van der Waals surface area contributed by atoms with Crippen LogP contribution in [0.2, 0.25) is 5.02 Å². The molecule has 0 unspecified atom stereocenters. The fourth-order valence-electron chi connectivity index (χ4n) is 3.12. The van der Waals surface area contributed by atoms with Crippen molar-refractivity contribution in [2.24, 2.45) is 0 Å². The maximum absolute atomic E-state index is 14.6. The van der Waals surface area contributed by atoms with Crippen molar-refractivity contribution in [1.82, 2.24) is 19.9 Å². The first-order valence-corrected chi connectivity index (χ1v) is 9.04. The van der Waals surface area contributed by atoms with Crippen molar-refractivity contribution in [3.8, 4) is 11.3 Å². The third-order valence-corrected chi connectivity index (χ3v) is 5.10. The zero-order chi connectivity index (χ0) is 19.2. The molecule has 0 spiro atoms. The Hall–Kier alpha value is -2.22. The van der Waals surface area contributed by atoms with Gasteiger partial charge in [-0.15, -0.1) is 0 Å². The first-order chi connectivity index (χ1) is 12.9. The largest absolute Gasteiger partial charge is 0.382 e. The van der Waals surface area contributed by atoms with E-state index in [1.165, 1.54) is 6.07 Å². The molecule has 0 bridgehead atoms. The minimum atomic E-state index is -1.25. The number of aliphatic hydroxyl groups is 1. The Morgan fingerprint density at radius 2 is 1.78 bits per heavy atom. The molecule has 8 heteroatoms. The van der Waals surface area contributed by atoms with Crippen molar-refractivity contribution in [3.63, 3.8) is 0 Å². The number of hydrogen-bond donors (Lipinski definition) is 1. The van der Waals surface area contributed by atoms with Gasteiger partial charge in [0.05, 0.1) is 11.4 Å². The maximum atomic E-state index is 14.6. The third-order valence-electron chi connectivity index (χ3n) is 4.86. The summed E-state index contributed by atoms with van der Waals surface area (Å²) >= 11 is 5.89. The van der Waals surface area contributed by atoms with Gasteiger partial charge in [-0.25, -0.2) is 24.3 Å². The number of halogens is 2. The minimum Gasteiger partial charge on any atom is -0.382 e. The second-order valence-electron chi connectivity index (χ2n) is 6.73. The highest BCUT2D eigenvalue weighted by Gasteiger charge is 2.36. The molecule has 1 aliphatic rings. The first kappa shape index (κ1) is 18.2. The van der Waals surface area contributed by atoms with E-state index < -0.39 is 11.4 Å². The Kier molecular flexibility index (Phi) is 4.53. The summed E-state index contributed by atoms with van der Waals surface area (Å²) in [7, 11) is 0. The molecule has 2 aromatic heterocycles. The molecule has 0 radical (unpaired) electrons. The minimum absolute atomic E-state index is 0.209. The standard InChI is InChI=1S/C19H18ClFN4O2/c1-10-11(2)23-17-16(22-10)15(13-4-3-12(20)9-14(13)21)24-18(25-17)19(26)5-7-27-8-6-19/h3-4,9,26H,5-8H2,1-2H3. The van der Waals surface area contributed by atoms with Gasteiger partial charge in [0.1, 0.15) is 22.6 Å². The second kappa shape index (κ2) is 6.74. The number of aryl methyl sites for hydroxylation is 2. The van der Waals surface area contributed by atoms with Gasteiger partial charge in [0.15, 0.2) is 11.5 Å². The molecule has 1 fully saturated rings. The number of benzene rings is 1. The van der Waals surface area contributed by atoms with Gasteiger partial charge in [0, 0.05) is 36.6 Å². The Bertz CT molecular complexity index is 1040. The molecule has 1 saturated heterocycles. The van der Waals surface area contributed by atoms with Crippen LogP contribution >= 0.6 is 11.6 Å². The molecular weight excluding hydrogens is 371 g/mol. The molecule has 0 saturated carbocycles. The molecule has 3 heterocycles. The quantitative estimate of drug-likeness (QED) is 0.723. The third kappa shape index (κ3) is 3.26. The molecule has 4 rings (SSSR count). The van der Waals surface area contributed by atoms with Gasteiger partial charge in [0.25, 0.3) is 0 Å². The Morgan fingerprint density at radius 3 is 2.48 bits per heavy atom. The number of rotatable bonds is 2. The van der Waals surface area contributed by atoms with E-state index >= 15 is 0 Å². The average Bonchev–Trinajstić information content (AvgIpc) is 2.63. The van der Waals surface area contributed by atoms with Crippen LogP contribution in [-0.2, 0) is 10.3 Å². The average molecular weight is 389 g/mol. The lowest BCUT2D eigenvalue weighted by Crippen LogP contribution is -2.35. The summed E-state index contributed by atoms with van der Waals surface area (Å²) in [5.41, 5.74) is 1.42. The van der Waals surface area contributed by atoms with Crippen molar-refractivity contribution in [1.29, 1.82) is 0 Å². The van der Waals surface area contributed by atoms with Crippen molar-refractivity contribution < 1.29 is 14.2 Å². The van der Waals surface area contributed by atoms with Crippen LogP contribution < -0.4 is 0 Å². The monoisotopic (exact) mass is 388 g/mol. The van der Waals surface area contributed by atoms with Gasteiger partial charge in [-0.2, -0.15) is 0 Å². The summed E-state index contributed by atoms with van der Waals surface area (Å²) in [6.45, 7) is 4.46. The van der Waals surface area contributed by atoms with E-state index in [1.54, 1.807) is 12.1 Å². The smallest absolute Gasteiger partial charge is 0.182 e. The fraction of sp³-hybridized carbons (Fsp3) is 0.368. The van der Waals surface area contributed by atoms with Crippen molar-refractivity contribution in [2.75, 3.05) is 13.2 Å². The van der Waals surface area contributed by atoms with Crippen molar-refractivity contribution in [2.45, 2.75) is 32.3 Å². The zero-order valence-electron chi connectivity index (χ0n) is 15.0. The van der Waals surface area contributed by atoms with E-state index in [2.05, 4.69) is 19.9 Å². The van der Waals surface area contributed by atoms with Crippen LogP contribution in [0, 0.1) is 19.7 Å². The Balaban J connectivity index is 2.01. The Morgan fingerprint density at radius 1 is 1.07 bits per heavy atom. The molecule has 0 amide bonds. The lowest BCUT2D eigenvalue weighted by Gasteiger charge is -2.30. The van der Waals surface area contributed by atoms with Crippen LogP contribution in [0.4, 0.5) is 4.39 Å². The second-order valence-corrected chi connectivity index (χ2v) is 7.17. The first-order valence-electron chi connectivity index (χ1n) is 8.66. The van der Waals surface area contributed by atoms with Gasteiger partial charge in [-0.3, -0.25) is 0 Å². The predicted molar refractivity (Wildman–Crippen MR) is 99.0 cm³/mol. The van der Waals surface area contributed by atoms with E-state index in [1.807, 2.05) is 13.8 Å². The summed E-state index contributed by atoms with van der Waals surface area (Å²) in [6, 6.07) is 4.36. The van der Waals surface area contributed by atoms with Crippen LogP contribution in [0.25, 0.3) is 22.4 Å². The molecular formula is C19H18ClFN4O2. The zero-order valence-corrected chi connectivity index (χ0v) is 15.7. The number of hydrogen-bond acceptors (Lipinski definition) is 6. The molecule has 0 aliphatic carbocycles. The lowest BCUT2D eigenvalue weighted by atomic mass is 9.93. The maximum Gasteiger partial charge on any atom is 0.182 e. The molecule has 27 heavy (non-hydrogen) atoms. The van der Waals surface area contributed by atoms with Crippen LogP contribution in [0.3, 0.4) is 0 Å². The van der Waals surface area contributed by atoms with Gasteiger partial charge in [0.2, 0.25) is 0 Å². The highest BCUT2D eigenvalue weighted by atomic mass is 35.5. The number of fused-ring (bicyclic) bond motifs is 1. The Labute approximate surface area is 160 Å². The van der Waals surface area contributed by atoms with Crippen LogP contribution in [-0.4, -0.2) is 38.3 Å². The normalized spacial score (nSPS) is 16.6. The van der Waals surface area contributed by atoms with Crippen LogP contribution in [0.15, 0.2) is 18.2 Å². The molecule has 1 N–H and O–H groups in total. The number of ether oxygens (including phenoxy) is 1. The van der Waals surface area contributed by atoms with E-state index in [4.69, 9.17) is 16.3 Å². The number of nitrogens with zero attached hydrogens (tertiary/aromatic N) is 4. The highest BCUT2D eigenvalue weighted by molar-refractivity contribution is 6.30. The van der Waals surface area contributed by atoms with E-state index in [-0.39, 0.29) is 16.4 Å². The fourth-order valence-corrected chi connectivity index (χ4v) is 3.28. The van der Waals surface area contributed by atoms with Gasteiger partial charge in [-0.05, 0) is 32.0 Å². The van der Waals surface area contributed by atoms with E-state index in [0.29, 0.717) is 54.3 Å². The van der Waals surface area contributed by atoms with E-state index in [0.717, 1.165) is 0 Å². The van der Waals surface area contributed by atoms with E-state index in [9.17, 15) is 9.50 Å². The molecule has 1 aromatic carbocycles.